The molecule has 30 heavy (non-hydrogen) atoms. The van der Waals surface area contributed by atoms with Crippen LogP contribution in [0, 0.1) is 0 Å². The van der Waals surface area contributed by atoms with Crippen molar-refractivity contribution in [1.82, 2.24) is 10.3 Å². The second kappa shape index (κ2) is 8.98. The fraction of sp³-hybridized carbons (Fsp3) is 0.217. The summed E-state index contributed by atoms with van der Waals surface area (Å²) in [6.07, 6.45) is -2.75. The fourth-order valence-corrected chi connectivity index (χ4v) is 3.20. The number of hydrogen-bond acceptors (Lipinski definition) is 2. The molecule has 0 spiro atoms. The molecule has 1 unspecified atom stereocenters. The molecule has 1 heterocycles. The lowest BCUT2D eigenvalue weighted by molar-refractivity contribution is -0.141. The molecule has 4 nitrogen and oxygen atoms in total. The van der Waals surface area contributed by atoms with Crippen molar-refractivity contribution in [3.63, 3.8) is 0 Å². The number of aryl methyl sites for hydroxylation is 1. The van der Waals surface area contributed by atoms with E-state index < -0.39 is 29.4 Å². The van der Waals surface area contributed by atoms with Crippen LogP contribution < -0.4 is 10.9 Å². The summed E-state index contributed by atoms with van der Waals surface area (Å²) in [4.78, 5) is 26.6. The Morgan fingerprint density at radius 3 is 2.17 bits per heavy atom. The van der Waals surface area contributed by atoms with Gasteiger partial charge in [0.25, 0.3) is 11.5 Å². The Morgan fingerprint density at radius 1 is 0.967 bits per heavy atom. The largest absolute Gasteiger partial charge is 0.431 e. The highest BCUT2D eigenvalue weighted by molar-refractivity contribution is 5.94. The number of rotatable bonds is 6. The summed E-state index contributed by atoms with van der Waals surface area (Å²) in [5.41, 5.74) is 0.0860. The molecule has 7 heteroatoms. The van der Waals surface area contributed by atoms with E-state index in [1.54, 1.807) is 4.98 Å². The molecule has 0 saturated carbocycles. The third-order valence-electron chi connectivity index (χ3n) is 4.72. The second-order valence-electron chi connectivity index (χ2n) is 6.92. The van der Waals surface area contributed by atoms with Crippen LogP contribution in [0.2, 0.25) is 0 Å². The van der Waals surface area contributed by atoms with Gasteiger partial charge in [0.05, 0.1) is 6.04 Å². The van der Waals surface area contributed by atoms with Crippen molar-refractivity contribution < 1.29 is 18.0 Å². The van der Waals surface area contributed by atoms with Gasteiger partial charge in [-0.15, -0.1) is 0 Å². The topological polar surface area (TPSA) is 62.0 Å². The summed E-state index contributed by atoms with van der Waals surface area (Å²) < 4.78 is 38.3. The molecule has 0 aliphatic carbocycles. The van der Waals surface area contributed by atoms with Gasteiger partial charge in [0.15, 0.2) is 0 Å². The molecule has 2 N–H and O–H groups in total. The van der Waals surface area contributed by atoms with E-state index in [0.717, 1.165) is 30.0 Å². The summed E-state index contributed by atoms with van der Waals surface area (Å²) in [6, 6.07) is 17.9. The average Bonchev–Trinajstić information content (AvgIpc) is 2.72. The Hall–Kier alpha value is -3.35. The normalized spacial score (nSPS) is 12.4. The molecule has 0 aliphatic heterocycles. The number of pyridine rings is 1. The molecule has 1 aromatic heterocycles. The van der Waals surface area contributed by atoms with Crippen LogP contribution in [0.4, 0.5) is 13.2 Å². The number of alkyl halides is 3. The molecule has 1 atom stereocenters. The van der Waals surface area contributed by atoms with Crippen molar-refractivity contribution in [3.8, 4) is 0 Å². The Labute approximate surface area is 171 Å². The molecule has 0 radical (unpaired) electrons. The lowest BCUT2D eigenvalue weighted by Crippen LogP contribution is -2.34. The van der Waals surface area contributed by atoms with Crippen molar-refractivity contribution in [2.24, 2.45) is 0 Å². The Morgan fingerprint density at radius 2 is 1.60 bits per heavy atom. The van der Waals surface area contributed by atoms with E-state index in [4.69, 9.17) is 0 Å². The zero-order valence-electron chi connectivity index (χ0n) is 16.3. The van der Waals surface area contributed by atoms with Gasteiger partial charge in [-0.1, -0.05) is 67.9 Å². The SMILES string of the molecule is CCCc1ccc(C(NC(=O)c2ccc(C(F)(F)F)[nH]c2=O)c2ccccc2)cc1. The van der Waals surface area contributed by atoms with Crippen molar-refractivity contribution in [2.75, 3.05) is 0 Å². The van der Waals surface area contributed by atoms with E-state index >= 15 is 0 Å². The third-order valence-corrected chi connectivity index (χ3v) is 4.72. The van der Waals surface area contributed by atoms with Gasteiger partial charge in [0.1, 0.15) is 11.3 Å². The van der Waals surface area contributed by atoms with Gasteiger partial charge < -0.3 is 10.3 Å². The van der Waals surface area contributed by atoms with E-state index in [2.05, 4.69) is 12.2 Å². The van der Waals surface area contributed by atoms with E-state index in [0.29, 0.717) is 6.07 Å². The van der Waals surface area contributed by atoms with Crippen molar-refractivity contribution in [3.05, 3.63) is 105 Å². The van der Waals surface area contributed by atoms with Crippen LogP contribution in [-0.2, 0) is 12.6 Å². The highest BCUT2D eigenvalue weighted by Crippen LogP contribution is 2.27. The molecule has 3 rings (SSSR count). The highest BCUT2D eigenvalue weighted by atomic mass is 19.4. The number of carbonyl (C=O) groups excluding carboxylic acids is 1. The first-order valence-corrected chi connectivity index (χ1v) is 9.54. The van der Waals surface area contributed by atoms with Gasteiger partial charge in [-0.05, 0) is 35.2 Å². The Bertz CT molecular complexity index is 1060. The zero-order chi connectivity index (χ0) is 21.7. The first-order valence-electron chi connectivity index (χ1n) is 9.54. The quantitative estimate of drug-likeness (QED) is 0.605. The fourth-order valence-electron chi connectivity index (χ4n) is 3.20. The average molecular weight is 414 g/mol. The number of aromatic amines is 1. The molecule has 0 aliphatic rings. The van der Waals surface area contributed by atoms with Crippen molar-refractivity contribution in [1.29, 1.82) is 0 Å². The predicted octanol–water partition coefficient (Wildman–Crippen LogP) is 4.87. The summed E-state index contributed by atoms with van der Waals surface area (Å²) in [6.45, 7) is 2.09. The maximum absolute atomic E-state index is 12.8. The molecule has 0 bridgehead atoms. The van der Waals surface area contributed by atoms with E-state index in [1.807, 2.05) is 54.6 Å². The Kier molecular flexibility index (Phi) is 6.40. The number of benzene rings is 2. The molecular weight excluding hydrogens is 393 g/mol. The molecule has 0 fully saturated rings. The smallest absolute Gasteiger partial charge is 0.341 e. The molecule has 0 saturated heterocycles. The van der Waals surface area contributed by atoms with Crippen LogP contribution >= 0.6 is 0 Å². The van der Waals surface area contributed by atoms with E-state index in [1.165, 1.54) is 5.56 Å². The predicted molar refractivity (Wildman–Crippen MR) is 108 cm³/mol. The minimum atomic E-state index is -4.69. The molecule has 156 valence electrons. The van der Waals surface area contributed by atoms with E-state index in [-0.39, 0.29) is 5.56 Å². The minimum Gasteiger partial charge on any atom is -0.341 e. The standard InChI is InChI=1S/C23H21F3N2O2/c1-2-6-15-9-11-17(12-10-15)20(16-7-4-3-5-8-16)28-22(30)18-13-14-19(23(24,25)26)27-21(18)29/h3-5,7-14,20H,2,6H2,1H3,(H,27,29)(H,28,30). The van der Waals surface area contributed by atoms with E-state index in [9.17, 15) is 22.8 Å². The van der Waals surface area contributed by atoms with Crippen LogP contribution in [0.25, 0.3) is 0 Å². The molecule has 3 aromatic rings. The van der Waals surface area contributed by atoms with Crippen molar-refractivity contribution >= 4 is 5.91 Å². The summed E-state index contributed by atoms with van der Waals surface area (Å²) >= 11 is 0. The van der Waals surface area contributed by atoms with Gasteiger partial charge in [-0.2, -0.15) is 13.2 Å². The van der Waals surface area contributed by atoms with Gasteiger partial charge in [-0.25, -0.2) is 0 Å². The van der Waals surface area contributed by atoms with Gasteiger partial charge in [0, 0.05) is 0 Å². The maximum atomic E-state index is 12.8. The third kappa shape index (κ3) is 4.97. The monoisotopic (exact) mass is 414 g/mol. The van der Waals surface area contributed by atoms with Gasteiger partial charge >= 0.3 is 6.18 Å². The first-order chi connectivity index (χ1) is 14.3. The number of hydrogen-bond donors (Lipinski definition) is 2. The minimum absolute atomic E-state index is 0.383. The summed E-state index contributed by atoms with van der Waals surface area (Å²) in [7, 11) is 0. The van der Waals surface area contributed by atoms with Gasteiger partial charge in [0.2, 0.25) is 0 Å². The summed E-state index contributed by atoms with van der Waals surface area (Å²) in [5, 5.41) is 2.78. The number of amides is 1. The lowest BCUT2D eigenvalue weighted by Gasteiger charge is -2.20. The highest BCUT2D eigenvalue weighted by Gasteiger charge is 2.32. The second-order valence-corrected chi connectivity index (χ2v) is 6.92. The van der Waals surface area contributed by atoms with Crippen LogP contribution in [0.3, 0.4) is 0 Å². The first kappa shape index (κ1) is 21.4. The number of H-pyrrole nitrogens is 1. The maximum Gasteiger partial charge on any atom is 0.431 e. The van der Waals surface area contributed by atoms with Crippen LogP contribution in [-0.4, -0.2) is 10.9 Å². The van der Waals surface area contributed by atoms with Crippen LogP contribution in [0.15, 0.2) is 71.5 Å². The van der Waals surface area contributed by atoms with Crippen LogP contribution in [0.1, 0.15) is 52.1 Å². The number of aromatic nitrogens is 1. The van der Waals surface area contributed by atoms with Crippen molar-refractivity contribution in [2.45, 2.75) is 32.0 Å². The lowest BCUT2D eigenvalue weighted by atomic mass is 9.96. The van der Waals surface area contributed by atoms with Gasteiger partial charge in [-0.3, -0.25) is 9.59 Å². The summed E-state index contributed by atoms with van der Waals surface area (Å²) in [5.74, 6) is -0.753. The van der Waals surface area contributed by atoms with Crippen LogP contribution in [0.5, 0.6) is 0 Å². The number of halogens is 3. The number of carbonyl (C=O) groups is 1. The zero-order valence-corrected chi connectivity index (χ0v) is 16.3. The molecule has 2 aromatic carbocycles. The number of nitrogens with one attached hydrogen (secondary N) is 2. The molecular formula is C23H21F3N2O2. The molecule has 1 amide bonds. The Balaban J connectivity index is 1.92.